The monoisotopic (exact) mass is 567 g/mol. The largest absolute Gasteiger partial charge is 0.464 e. The molecule has 4 aromatic rings. The Labute approximate surface area is 248 Å². The molecule has 1 unspecified atom stereocenters. The summed E-state index contributed by atoms with van der Waals surface area (Å²) in [6.07, 6.45) is -0.267. The molecule has 0 amide bonds. The number of methoxy groups -OCH3 is 1. The number of nitrogens with zero attached hydrogens (tertiary/aromatic N) is 3. The molecule has 7 nitrogen and oxygen atoms in total. The van der Waals surface area contributed by atoms with Gasteiger partial charge < -0.3 is 19.5 Å². The minimum absolute atomic E-state index is 0.0221. The van der Waals surface area contributed by atoms with Gasteiger partial charge in [-0.1, -0.05) is 81.4 Å². The maximum absolute atomic E-state index is 13.2. The van der Waals surface area contributed by atoms with E-state index in [1.54, 1.807) is 11.7 Å². The van der Waals surface area contributed by atoms with E-state index in [1.165, 1.54) is 5.56 Å². The van der Waals surface area contributed by atoms with Crippen LogP contribution in [0, 0.1) is 5.41 Å². The van der Waals surface area contributed by atoms with Crippen molar-refractivity contribution in [3.8, 4) is 0 Å². The van der Waals surface area contributed by atoms with Gasteiger partial charge in [0.1, 0.15) is 0 Å². The molecule has 1 N–H and O–H groups in total. The van der Waals surface area contributed by atoms with Crippen LogP contribution in [0.15, 0.2) is 78.9 Å². The fraction of sp³-hybridized carbons (Fsp3) is 0.400. The molecular weight excluding hydrogens is 526 g/mol. The summed E-state index contributed by atoms with van der Waals surface area (Å²) in [6, 6.07) is 27.3. The Bertz CT molecular complexity index is 1550. The molecule has 2 aliphatic rings. The van der Waals surface area contributed by atoms with E-state index in [-0.39, 0.29) is 6.04 Å². The van der Waals surface area contributed by atoms with Gasteiger partial charge in [0.2, 0.25) is 0 Å². The van der Waals surface area contributed by atoms with Gasteiger partial charge in [0, 0.05) is 43.9 Å². The molecule has 0 spiro atoms. The lowest BCUT2D eigenvalue weighted by Crippen LogP contribution is -2.63. The van der Waals surface area contributed by atoms with E-state index >= 15 is 0 Å². The van der Waals surface area contributed by atoms with Crippen LogP contribution in [0.1, 0.15) is 43.2 Å². The highest BCUT2D eigenvalue weighted by atomic mass is 16.5. The summed E-state index contributed by atoms with van der Waals surface area (Å²) in [6.45, 7) is 11.1. The quantitative estimate of drug-likeness (QED) is 0.292. The smallest absolute Gasteiger partial charge is 0.416 e. The predicted molar refractivity (Wildman–Crippen MR) is 166 cm³/mol. The number of hydrogen-bond donors (Lipinski definition) is 1. The van der Waals surface area contributed by atoms with Gasteiger partial charge >= 0.3 is 6.09 Å². The maximum atomic E-state index is 13.2. The van der Waals surface area contributed by atoms with E-state index in [9.17, 15) is 9.90 Å². The summed E-state index contributed by atoms with van der Waals surface area (Å²) < 4.78 is 13.0. The van der Waals surface area contributed by atoms with E-state index in [4.69, 9.17) is 9.47 Å². The van der Waals surface area contributed by atoms with Crippen LogP contribution in [-0.4, -0.2) is 66.7 Å². The first kappa shape index (κ1) is 28.5. The van der Waals surface area contributed by atoms with Gasteiger partial charge in [0.15, 0.2) is 0 Å². The Morgan fingerprint density at radius 2 is 1.64 bits per heavy atom. The molecule has 3 aromatic carbocycles. The third-order valence-electron chi connectivity index (χ3n) is 9.13. The second-order valence-electron chi connectivity index (χ2n) is 12.5. The Hall–Kier alpha value is -3.65. The Kier molecular flexibility index (Phi) is 7.60. The minimum atomic E-state index is -0.962. The number of carbonyl (C=O) groups is 1. The predicted octanol–water partition coefficient (Wildman–Crippen LogP) is 6.37. The van der Waals surface area contributed by atoms with Crippen LogP contribution in [0.25, 0.3) is 10.9 Å². The lowest BCUT2D eigenvalue weighted by molar-refractivity contribution is -0.0555. The molecule has 42 heavy (non-hydrogen) atoms. The van der Waals surface area contributed by atoms with E-state index < -0.39 is 17.0 Å². The van der Waals surface area contributed by atoms with E-state index in [0.29, 0.717) is 19.6 Å². The molecule has 2 atom stereocenters. The van der Waals surface area contributed by atoms with Gasteiger partial charge in [0.25, 0.3) is 0 Å². The van der Waals surface area contributed by atoms with E-state index in [0.717, 1.165) is 59.7 Å². The molecule has 0 saturated carbocycles. The van der Waals surface area contributed by atoms with Crippen molar-refractivity contribution in [1.82, 2.24) is 9.47 Å². The van der Waals surface area contributed by atoms with Crippen LogP contribution < -0.4 is 4.90 Å². The summed E-state index contributed by atoms with van der Waals surface area (Å²) in [5, 5.41) is 11.8. The third kappa shape index (κ3) is 4.60. The molecule has 0 bridgehead atoms. The summed E-state index contributed by atoms with van der Waals surface area (Å²) in [7, 11) is 1.76. The number of rotatable bonds is 6. The van der Waals surface area contributed by atoms with Gasteiger partial charge in [-0.05, 0) is 46.7 Å². The average molecular weight is 568 g/mol. The lowest BCUT2D eigenvalue weighted by atomic mass is 9.62. The topological polar surface area (TPSA) is 67.2 Å². The van der Waals surface area contributed by atoms with Crippen molar-refractivity contribution in [3.05, 3.63) is 101 Å². The number of morpholine rings is 1. The minimum Gasteiger partial charge on any atom is -0.464 e. The second kappa shape index (κ2) is 11.2. The molecule has 220 valence electrons. The molecule has 7 heteroatoms. The first-order valence-electron chi connectivity index (χ1n) is 14.9. The zero-order valence-corrected chi connectivity index (χ0v) is 25.0. The molecule has 3 heterocycles. The molecule has 1 aromatic heterocycles. The van der Waals surface area contributed by atoms with Crippen molar-refractivity contribution in [2.24, 2.45) is 5.41 Å². The normalized spacial score (nSPS) is 21.4. The number of carboxylic acid groups (broad SMARTS) is 1. The number of benzene rings is 3. The molecule has 1 fully saturated rings. The first-order valence-corrected chi connectivity index (χ1v) is 14.9. The van der Waals surface area contributed by atoms with Crippen LogP contribution in [0.3, 0.4) is 0 Å². The zero-order valence-electron chi connectivity index (χ0n) is 25.0. The van der Waals surface area contributed by atoms with Gasteiger partial charge in [-0.15, -0.1) is 0 Å². The SMILES string of the molecule is COC[C@H]1Cc2c(n(C(=O)O)c3ccccc23)C(c2ccc(N3CCOCC3)cc2)(C(C)(C)C)N1Cc1ccccc1. The van der Waals surface area contributed by atoms with Gasteiger partial charge in [-0.2, -0.15) is 0 Å². The average Bonchev–Trinajstić information content (AvgIpc) is 3.32. The summed E-state index contributed by atoms with van der Waals surface area (Å²) >= 11 is 0. The molecule has 0 aliphatic carbocycles. The number of aromatic nitrogens is 1. The highest BCUT2D eigenvalue weighted by Crippen LogP contribution is 2.56. The fourth-order valence-corrected chi connectivity index (χ4v) is 7.47. The summed E-state index contributed by atoms with van der Waals surface area (Å²) in [5.74, 6) is 0. The molecule has 6 rings (SSSR count). The number of ether oxygens (including phenoxy) is 2. The Balaban J connectivity index is 1.67. The van der Waals surface area contributed by atoms with Crippen molar-refractivity contribution in [2.75, 3.05) is 44.9 Å². The van der Waals surface area contributed by atoms with Crippen molar-refractivity contribution in [2.45, 2.75) is 45.3 Å². The van der Waals surface area contributed by atoms with Crippen molar-refractivity contribution < 1.29 is 19.4 Å². The van der Waals surface area contributed by atoms with Crippen molar-refractivity contribution in [1.29, 1.82) is 0 Å². The molecule has 1 saturated heterocycles. The van der Waals surface area contributed by atoms with Crippen LogP contribution >= 0.6 is 0 Å². The van der Waals surface area contributed by atoms with Crippen LogP contribution in [-0.2, 0) is 28.0 Å². The summed E-state index contributed by atoms with van der Waals surface area (Å²) in [4.78, 5) is 18.1. The Morgan fingerprint density at radius 3 is 2.29 bits per heavy atom. The van der Waals surface area contributed by atoms with E-state index in [2.05, 4.69) is 85.2 Å². The number of fused-ring (bicyclic) bond motifs is 3. The summed E-state index contributed by atoms with van der Waals surface area (Å²) in [5.41, 5.74) is 4.87. The molecule has 2 aliphatic heterocycles. The highest BCUT2D eigenvalue weighted by Gasteiger charge is 2.57. The zero-order chi connectivity index (χ0) is 29.5. The first-order chi connectivity index (χ1) is 20.3. The lowest BCUT2D eigenvalue weighted by Gasteiger charge is -2.58. The number of hydrogen-bond acceptors (Lipinski definition) is 5. The number of para-hydroxylation sites is 1. The highest BCUT2D eigenvalue weighted by molar-refractivity contribution is 5.94. The Morgan fingerprint density at radius 1 is 0.976 bits per heavy atom. The van der Waals surface area contributed by atoms with Gasteiger partial charge in [-0.25, -0.2) is 9.36 Å². The van der Waals surface area contributed by atoms with Crippen molar-refractivity contribution in [3.63, 3.8) is 0 Å². The molecule has 0 radical (unpaired) electrons. The van der Waals surface area contributed by atoms with Gasteiger partial charge in [-0.3, -0.25) is 4.90 Å². The standard InChI is InChI=1S/C35H41N3O4/c1-34(2,3)35(26-14-16-27(17-15-26)36-18-20-42-21-19-36)32-30(29-12-8-9-13-31(29)38(32)33(39)40)22-28(24-41-4)37(35)23-25-10-6-5-7-11-25/h5-17,28H,18-24H2,1-4H3,(H,39,40)/t28-,35?/m1/s1. The van der Waals surface area contributed by atoms with Crippen molar-refractivity contribution >= 4 is 22.7 Å². The molecular formula is C35H41N3O4. The van der Waals surface area contributed by atoms with Gasteiger partial charge in [0.05, 0.1) is 36.6 Å². The third-order valence-corrected chi connectivity index (χ3v) is 9.13. The van der Waals surface area contributed by atoms with Crippen LogP contribution in [0.4, 0.5) is 10.5 Å². The van der Waals surface area contributed by atoms with Crippen LogP contribution in [0.2, 0.25) is 0 Å². The van der Waals surface area contributed by atoms with Crippen LogP contribution in [0.5, 0.6) is 0 Å². The fourth-order valence-electron chi connectivity index (χ4n) is 7.47. The second-order valence-corrected chi connectivity index (χ2v) is 12.5. The number of anilines is 1. The maximum Gasteiger partial charge on any atom is 0.416 e. The van der Waals surface area contributed by atoms with E-state index in [1.807, 2.05) is 24.3 Å².